The van der Waals surface area contributed by atoms with Crippen LogP contribution in [0.1, 0.15) is 57.6 Å². The molecule has 0 heterocycles. The molecule has 1 N–H and O–H groups in total. The minimum absolute atomic E-state index is 0.0232. The number of anilines is 1. The summed E-state index contributed by atoms with van der Waals surface area (Å²) in [4.78, 5) is 28.2. The minimum atomic E-state index is -3.51. The molecule has 0 aliphatic rings. The molecule has 2 aromatic carbocycles. The molecule has 2 atom stereocenters. The van der Waals surface area contributed by atoms with Crippen molar-refractivity contribution in [3.63, 3.8) is 0 Å². The molecule has 0 unspecified atom stereocenters. The third-order valence-corrected chi connectivity index (χ3v) is 7.59. The molecule has 36 heavy (non-hydrogen) atoms. The zero-order valence-corrected chi connectivity index (χ0v) is 23.1. The highest BCUT2D eigenvalue weighted by Gasteiger charge is 2.29. The first-order valence-electron chi connectivity index (χ1n) is 12.8. The van der Waals surface area contributed by atoms with Gasteiger partial charge in [-0.3, -0.25) is 13.9 Å². The largest absolute Gasteiger partial charge is 0.352 e. The first kappa shape index (κ1) is 29.4. The van der Waals surface area contributed by atoms with E-state index in [2.05, 4.69) is 5.32 Å². The van der Waals surface area contributed by atoms with Crippen LogP contribution >= 0.6 is 0 Å². The lowest BCUT2D eigenvalue weighted by Crippen LogP contribution is -2.51. The van der Waals surface area contributed by atoms with Crippen molar-refractivity contribution in [3.05, 3.63) is 65.7 Å². The summed E-state index contributed by atoms with van der Waals surface area (Å²) in [7, 11) is -3.51. The van der Waals surface area contributed by atoms with Crippen molar-refractivity contribution in [1.82, 2.24) is 10.2 Å². The molecule has 0 bridgehead atoms. The van der Waals surface area contributed by atoms with Gasteiger partial charge in [-0.25, -0.2) is 8.42 Å². The maximum atomic E-state index is 13.4. The lowest BCUT2D eigenvalue weighted by molar-refractivity contribution is -0.141. The van der Waals surface area contributed by atoms with Gasteiger partial charge in [0.15, 0.2) is 0 Å². The second-order valence-electron chi connectivity index (χ2n) is 9.29. The predicted molar refractivity (Wildman–Crippen MR) is 146 cm³/mol. The number of nitrogens with one attached hydrogen (secondary N) is 1. The van der Waals surface area contributed by atoms with Crippen molar-refractivity contribution >= 4 is 27.5 Å². The van der Waals surface area contributed by atoms with Crippen molar-refractivity contribution in [3.8, 4) is 0 Å². The molecule has 198 valence electrons. The fourth-order valence-electron chi connectivity index (χ4n) is 4.16. The van der Waals surface area contributed by atoms with E-state index in [0.717, 1.165) is 17.5 Å². The molecule has 0 spiro atoms. The van der Waals surface area contributed by atoms with Crippen LogP contribution in [0.25, 0.3) is 0 Å². The van der Waals surface area contributed by atoms with Gasteiger partial charge in [-0.1, -0.05) is 62.4 Å². The number of nitrogens with zero attached hydrogens (tertiary/aromatic N) is 2. The minimum Gasteiger partial charge on any atom is -0.352 e. The summed E-state index contributed by atoms with van der Waals surface area (Å²) in [6.07, 6.45) is 3.63. The van der Waals surface area contributed by atoms with E-state index in [-0.39, 0.29) is 30.8 Å². The average Bonchev–Trinajstić information content (AvgIpc) is 2.84. The number of para-hydroxylation sites is 1. The number of aryl methyl sites for hydroxylation is 1. The van der Waals surface area contributed by atoms with E-state index in [1.165, 1.54) is 10.6 Å². The van der Waals surface area contributed by atoms with Crippen LogP contribution in [-0.4, -0.2) is 56.6 Å². The summed E-state index contributed by atoms with van der Waals surface area (Å²) in [6.45, 7) is 8.35. The van der Waals surface area contributed by atoms with Gasteiger partial charge in [-0.05, 0) is 56.7 Å². The normalized spacial score (nSPS) is 13.0. The van der Waals surface area contributed by atoms with Gasteiger partial charge in [0.1, 0.15) is 6.04 Å². The zero-order chi connectivity index (χ0) is 26.7. The molecule has 2 aromatic rings. The number of carbonyl (C=O) groups is 2. The lowest BCUT2D eigenvalue weighted by atomic mass is 10.1. The van der Waals surface area contributed by atoms with Gasteiger partial charge >= 0.3 is 0 Å². The van der Waals surface area contributed by atoms with E-state index >= 15 is 0 Å². The molecular weight excluding hydrogens is 474 g/mol. The maximum Gasteiger partial charge on any atom is 0.243 e. The summed E-state index contributed by atoms with van der Waals surface area (Å²) in [5, 5.41) is 3.02. The van der Waals surface area contributed by atoms with E-state index in [1.54, 1.807) is 17.0 Å². The smallest absolute Gasteiger partial charge is 0.243 e. The summed E-state index contributed by atoms with van der Waals surface area (Å²) in [5.74, 6) is -0.291. The highest BCUT2D eigenvalue weighted by Crippen LogP contribution is 2.23. The molecule has 2 rings (SSSR count). The zero-order valence-electron chi connectivity index (χ0n) is 22.2. The van der Waals surface area contributed by atoms with Gasteiger partial charge in [-0.2, -0.15) is 0 Å². The molecule has 0 aromatic heterocycles. The first-order valence-corrected chi connectivity index (χ1v) is 14.6. The monoisotopic (exact) mass is 515 g/mol. The number of hydrogen-bond acceptors (Lipinski definition) is 4. The van der Waals surface area contributed by atoms with E-state index in [4.69, 9.17) is 0 Å². The summed E-state index contributed by atoms with van der Waals surface area (Å²) in [5.41, 5.74) is 2.56. The summed E-state index contributed by atoms with van der Waals surface area (Å²) in [6, 6.07) is 16.6. The Bertz CT molecular complexity index is 1090. The Morgan fingerprint density at radius 3 is 2.17 bits per heavy atom. The van der Waals surface area contributed by atoms with Gasteiger partial charge in [0, 0.05) is 25.6 Å². The quantitative estimate of drug-likeness (QED) is 0.406. The van der Waals surface area contributed by atoms with Crippen LogP contribution in [0.4, 0.5) is 5.69 Å². The Morgan fingerprint density at radius 1 is 0.944 bits per heavy atom. The molecule has 0 aliphatic heterocycles. The highest BCUT2D eigenvalue weighted by molar-refractivity contribution is 7.92. The van der Waals surface area contributed by atoms with Crippen molar-refractivity contribution in [2.45, 2.75) is 71.9 Å². The number of sulfonamides is 1. The number of rotatable bonds is 14. The molecule has 8 heteroatoms. The molecule has 0 saturated carbocycles. The molecule has 0 saturated heterocycles. The van der Waals surface area contributed by atoms with Crippen molar-refractivity contribution < 1.29 is 18.0 Å². The highest BCUT2D eigenvalue weighted by atomic mass is 32.2. The topological polar surface area (TPSA) is 86.8 Å². The van der Waals surface area contributed by atoms with E-state index in [0.29, 0.717) is 31.5 Å². The van der Waals surface area contributed by atoms with E-state index < -0.39 is 16.1 Å². The molecular formula is C28H41N3O4S. The third-order valence-electron chi connectivity index (χ3n) is 6.41. The van der Waals surface area contributed by atoms with Crippen LogP contribution in [0, 0.1) is 6.92 Å². The van der Waals surface area contributed by atoms with Crippen molar-refractivity contribution in [2.75, 3.05) is 23.7 Å². The van der Waals surface area contributed by atoms with Gasteiger partial charge in [-0.15, -0.1) is 0 Å². The predicted octanol–water partition coefficient (Wildman–Crippen LogP) is 4.31. The third kappa shape index (κ3) is 8.66. The Balaban J connectivity index is 2.17. The Kier molecular flexibility index (Phi) is 11.4. The van der Waals surface area contributed by atoms with Gasteiger partial charge < -0.3 is 10.2 Å². The Hall–Kier alpha value is -2.87. The Labute approximate surface area is 216 Å². The molecule has 7 nitrogen and oxygen atoms in total. The standard InChI is InChI=1S/C28H41N3O4S/c1-6-23(4)29-28(33)25(7-2)30(21-19-24-15-9-8-10-16-24)27(32)18-13-20-31(36(5,34)35)26-17-12-11-14-22(26)3/h8-12,14-17,23,25H,6-7,13,18-21H2,1-5H3,(H,29,33)/t23-,25+/m1/s1. The van der Waals surface area contributed by atoms with Crippen LogP contribution in [0.5, 0.6) is 0 Å². The molecule has 2 amide bonds. The van der Waals surface area contributed by atoms with Gasteiger partial charge in [0.25, 0.3) is 0 Å². The second kappa shape index (κ2) is 14.0. The van der Waals surface area contributed by atoms with Gasteiger partial charge in [0.2, 0.25) is 21.8 Å². The number of carbonyl (C=O) groups excluding carboxylic acids is 2. The molecule has 0 fully saturated rings. The fraction of sp³-hybridized carbons (Fsp3) is 0.500. The van der Waals surface area contributed by atoms with Crippen LogP contribution in [0.3, 0.4) is 0 Å². The van der Waals surface area contributed by atoms with Crippen LogP contribution < -0.4 is 9.62 Å². The van der Waals surface area contributed by atoms with Crippen LogP contribution in [0.15, 0.2) is 54.6 Å². The summed E-state index contributed by atoms with van der Waals surface area (Å²) < 4.78 is 26.4. The summed E-state index contributed by atoms with van der Waals surface area (Å²) >= 11 is 0. The number of benzene rings is 2. The second-order valence-corrected chi connectivity index (χ2v) is 11.2. The van der Waals surface area contributed by atoms with E-state index in [1.807, 2.05) is 70.2 Å². The molecule has 0 aliphatic carbocycles. The fourth-order valence-corrected chi connectivity index (χ4v) is 5.19. The van der Waals surface area contributed by atoms with Crippen molar-refractivity contribution in [2.24, 2.45) is 0 Å². The number of hydrogen-bond donors (Lipinski definition) is 1. The lowest BCUT2D eigenvalue weighted by Gasteiger charge is -2.32. The number of amides is 2. The maximum absolute atomic E-state index is 13.4. The van der Waals surface area contributed by atoms with Crippen molar-refractivity contribution in [1.29, 1.82) is 0 Å². The molecule has 0 radical (unpaired) electrons. The van der Waals surface area contributed by atoms with Crippen LogP contribution in [-0.2, 0) is 26.0 Å². The average molecular weight is 516 g/mol. The van der Waals surface area contributed by atoms with Gasteiger partial charge in [0.05, 0.1) is 11.9 Å². The van der Waals surface area contributed by atoms with Crippen LogP contribution in [0.2, 0.25) is 0 Å². The van der Waals surface area contributed by atoms with E-state index in [9.17, 15) is 18.0 Å². The SMILES string of the molecule is CC[C@@H](C)NC(=O)[C@H](CC)N(CCc1ccccc1)C(=O)CCCN(c1ccccc1C)S(C)(=O)=O. The Morgan fingerprint density at radius 2 is 1.58 bits per heavy atom. The first-order chi connectivity index (χ1) is 17.1.